The number of nitrogens with zero attached hydrogens (tertiary/aromatic N) is 4. The van der Waals surface area contributed by atoms with Crippen molar-refractivity contribution in [3.63, 3.8) is 0 Å². The van der Waals surface area contributed by atoms with Crippen LogP contribution in [0.25, 0.3) is 11.4 Å². The van der Waals surface area contributed by atoms with Gasteiger partial charge in [0.05, 0.1) is 11.7 Å². The van der Waals surface area contributed by atoms with Crippen LogP contribution in [0, 0.1) is 0 Å². The number of rotatable bonds is 4. The SMILES string of the molecule is CC(C)NC(=O)c1nc(-c2ccccc2)n2c1C[C@@H]1CC[C@H](C2)N1C(=O)c1cccn1C. The van der Waals surface area contributed by atoms with Crippen molar-refractivity contribution in [2.45, 2.75) is 57.8 Å². The standard InChI is InChI=1S/C25H29N5O2/c1-16(2)26-24(31)22-21-14-18-11-12-19(30(18)25(32)20-10-7-13-28(20)3)15-29(21)23(27-22)17-8-5-4-6-9-17/h4-10,13,16,18-19H,11-12,14-15H2,1-3H3,(H,26,31)/t18-,19+/m0/s1. The fourth-order valence-corrected chi connectivity index (χ4v) is 5.13. The second-order valence-electron chi connectivity index (χ2n) is 9.14. The number of amides is 2. The van der Waals surface area contributed by atoms with Gasteiger partial charge in [-0.15, -0.1) is 0 Å². The van der Waals surface area contributed by atoms with Crippen LogP contribution in [-0.2, 0) is 20.0 Å². The molecule has 166 valence electrons. The number of imidazole rings is 1. The van der Waals surface area contributed by atoms with Crippen LogP contribution in [0.4, 0.5) is 0 Å². The second-order valence-corrected chi connectivity index (χ2v) is 9.14. The lowest BCUT2D eigenvalue weighted by Gasteiger charge is -2.28. The van der Waals surface area contributed by atoms with Gasteiger partial charge < -0.3 is 19.4 Å². The van der Waals surface area contributed by atoms with Crippen molar-refractivity contribution in [1.82, 2.24) is 24.3 Å². The molecule has 2 atom stereocenters. The van der Waals surface area contributed by atoms with E-state index in [1.54, 1.807) is 0 Å². The van der Waals surface area contributed by atoms with Crippen LogP contribution in [0.5, 0.6) is 0 Å². The fraction of sp³-hybridized carbons (Fsp3) is 0.400. The van der Waals surface area contributed by atoms with Crippen LogP contribution in [0.2, 0.25) is 0 Å². The van der Waals surface area contributed by atoms with E-state index in [0.29, 0.717) is 24.4 Å². The van der Waals surface area contributed by atoms with Gasteiger partial charge in [-0.05, 0) is 38.8 Å². The zero-order chi connectivity index (χ0) is 22.4. The Morgan fingerprint density at radius 2 is 1.81 bits per heavy atom. The maximum absolute atomic E-state index is 13.5. The first-order valence-electron chi connectivity index (χ1n) is 11.3. The first-order valence-corrected chi connectivity index (χ1v) is 11.3. The van der Waals surface area contributed by atoms with Crippen LogP contribution >= 0.6 is 0 Å². The molecule has 1 fully saturated rings. The Kier molecular flexibility index (Phi) is 5.12. The summed E-state index contributed by atoms with van der Waals surface area (Å²) in [7, 11) is 1.91. The van der Waals surface area contributed by atoms with Crippen LogP contribution in [-0.4, -0.2) is 49.0 Å². The summed E-state index contributed by atoms with van der Waals surface area (Å²) >= 11 is 0. The quantitative estimate of drug-likeness (QED) is 0.689. The summed E-state index contributed by atoms with van der Waals surface area (Å²) in [5, 5.41) is 3.00. The van der Waals surface area contributed by atoms with Gasteiger partial charge in [0.25, 0.3) is 11.8 Å². The molecule has 0 aliphatic carbocycles. The molecule has 2 aromatic heterocycles. The van der Waals surface area contributed by atoms with Crippen LogP contribution < -0.4 is 5.32 Å². The Morgan fingerprint density at radius 3 is 2.50 bits per heavy atom. The molecule has 3 aromatic rings. The molecule has 1 saturated heterocycles. The van der Waals surface area contributed by atoms with Gasteiger partial charge >= 0.3 is 0 Å². The number of fused-ring (bicyclic) bond motifs is 3. The summed E-state index contributed by atoms with van der Waals surface area (Å²) in [5.41, 5.74) is 3.10. The molecule has 2 bridgehead atoms. The first-order chi connectivity index (χ1) is 15.4. The van der Waals surface area contributed by atoms with E-state index in [1.807, 2.05) is 74.1 Å². The van der Waals surface area contributed by atoms with E-state index in [9.17, 15) is 9.59 Å². The summed E-state index contributed by atoms with van der Waals surface area (Å²) in [6.45, 7) is 4.55. The maximum Gasteiger partial charge on any atom is 0.271 e. The van der Waals surface area contributed by atoms with Crippen LogP contribution in [0.3, 0.4) is 0 Å². The highest BCUT2D eigenvalue weighted by atomic mass is 16.2. The molecule has 2 amide bonds. The predicted octanol–water partition coefficient (Wildman–Crippen LogP) is 3.26. The summed E-state index contributed by atoms with van der Waals surface area (Å²) in [6.07, 6.45) is 4.44. The molecule has 32 heavy (non-hydrogen) atoms. The van der Waals surface area contributed by atoms with Crippen molar-refractivity contribution in [1.29, 1.82) is 0 Å². The van der Waals surface area contributed by atoms with E-state index >= 15 is 0 Å². The largest absolute Gasteiger partial charge is 0.348 e. The van der Waals surface area contributed by atoms with Gasteiger partial charge in [0, 0.05) is 43.9 Å². The molecule has 0 unspecified atom stereocenters. The molecule has 7 heteroatoms. The minimum Gasteiger partial charge on any atom is -0.348 e. The Bertz CT molecular complexity index is 1160. The molecule has 4 heterocycles. The molecule has 1 N–H and O–H groups in total. The lowest BCUT2D eigenvalue weighted by molar-refractivity contribution is 0.0656. The topological polar surface area (TPSA) is 72.2 Å². The predicted molar refractivity (Wildman–Crippen MR) is 122 cm³/mol. The van der Waals surface area contributed by atoms with E-state index in [4.69, 9.17) is 4.98 Å². The molecule has 2 aliphatic heterocycles. The van der Waals surface area contributed by atoms with E-state index < -0.39 is 0 Å². The van der Waals surface area contributed by atoms with E-state index in [-0.39, 0.29) is 29.9 Å². The van der Waals surface area contributed by atoms with Gasteiger partial charge in [-0.1, -0.05) is 30.3 Å². The molecule has 5 rings (SSSR count). The molecule has 0 radical (unpaired) electrons. The lowest BCUT2D eigenvalue weighted by Crippen LogP contribution is -2.42. The average Bonchev–Trinajstić information content (AvgIpc) is 3.42. The number of carbonyl (C=O) groups excluding carboxylic acids is 2. The Labute approximate surface area is 188 Å². The molecule has 2 aliphatic rings. The highest BCUT2D eigenvalue weighted by Crippen LogP contribution is 2.36. The van der Waals surface area contributed by atoms with Gasteiger partial charge in [-0.2, -0.15) is 0 Å². The fourth-order valence-electron chi connectivity index (χ4n) is 5.13. The van der Waals surface area contributed by atoms with E-state index in [1.165, 1.54) is 0 Å². The van der Waals surface area contributed by atoms with E-state index in [0.717, 1.165) is 29.9 Å². The number of aryl methyl sites for hydroxylation is 1. The molecule has 7 nitrogen and oxygen atoms in total. The van der Waals surface area contributed by atoms with Gasteiger partial charge in [-0.25, -0.2) is 4.98 Å². The summed E-state index contributed by atoms with van der Waals surface area (Å²) in [6, 6.07) is 14.0. The first kappa shape index (κ1) is 20.5. The summed E-state index contributed by atoms with van der Waals surface area (Å²) in [4.78, 5) is 33.4. The van der Waals surface area contributed by atoms with Crippen molar-refractivity contribution in [3.8, 4) is 11.4 Å². The van der Waals surface area contributed by atoms with Crippen LogP contribution in [0.15, 0.2) is 48.7 Å². The smallest absolute Gasteiger partial charge is 0.271 e. The third kappa shape index (κ3) is 3.42. The summed E-state index contributed by atoms with van der Waals surface area (Å²) in [5.74, 6) is 0.718. The van der Waals surface area contributed by atoms with Crippen molar-refractivity contribution >= 4 is 11.8 Å². The third-order valence-corrected chi connectivity index (χ3v) is 6.58. The maximum atomic E-state index is 13.5. The number of nitrogens with one attached hydrogen (secondary N) is 1. The van der Waals surface area contributed by atoms with Crippen molar-refractivity contribution in [2.75, 3.05) is 0 Å². The van der Waals surface area contributed by atoms with Crippen molar-refractivity contribution < 1.29 is 9.59 Å². The number of hydrogen-bond acceptors (Lipinski definition) is 3. The normalized spacial score (nSPS) is 19.7. The van der Waals surface area contributed by atoms with Crippen molar-refractivity contribution in [2.24, 2.45) is 7.05 Å². The van der Waals surface area contributed by atoms with Gasteiger partial charge in [0.2, 0.25) is 0 Å². The Balaban J connectivity index is 1.58. The zero-order valence-corrected chi connectivity index (χ0v) is 18.8. The Morgan fingerprint density at radius 1 is 1.06 bits per heavy atom. The highest BCUT2D eigenvalue weighted by molar-refractivity contribution is 5.95. The minimum absolute atomic E-state index is 0.0256. The van der Waals surface area contributed by atoms with Crippen molar-refractivity contribution in [3.05, 3.63) is 65.7 Å². The number of benzene rings is 1. The van der Waals surface area contributed by atoms with Crippen LogP contribution in [0.1, 0.15) is 53.4 Å². The molecule has 1 aromatic carbocycles. The molecule has 0 saturated carbocycles. The molecule has 0 spiro atoms. The monoisotopic (exact) mass is 431 g/mol. The molecular formula is C25H29N5O2. The summed E-state index contributed by atoms with van der Waals surface area (Å²) < 4.78 is 4.06. The number of aromatic nitrogens is 3. The van der Waals surface area contributed by atoms with Gasteiger partial charge in [0.15, 0.2) is 0 Å². The average molecular weight is 432 g/mol. The number of carbonyl (C=O) groups is 2. The second kappa shape index (κ2) is 7.97. The van der Waals surface area contributed by atoms with Gasteiger partial charge in [-0.3, -0.25) is 9.59 Å². The zero-order valence-electron chi connectivity index (χ0n) is 18.8. The minimum atomic E-state index is -0.149. The third-order valence-electron chi connectivity index (χ3n) is 6.58. The number of hydrogen-bond donors (Lipinski definition) is 1. The Hall–Kier alpha value is -3.35. The van der Waals surface area contributed by atoms with E-state index in [2.05, 4.69) is 14.8 Å². The van der Waals surface area contributed by atoms with Gasteiger partial charge in [0.1, 0.15) is 17.2 Å². The highest BCUT2D eigenvalue weighted by Gasteiger charge is 2.43. The molecular weight excluding hydrogens is 402 g/mol. The lowest BCUT2D eigenvalue weighted by atomic mass is 10.0.